The Labute approximate surface area is 114 Å². The molecule has 0 saturated heterocycles. The van der Waals surface area contributed by atoms with Gasteiger partial charge in [0.2, 0.25) is 5.28 Å². The van der Waals surface area contributed by atoms with Crippen LogP contribution in [0, 0.1) is 5.92 Å². The Bertz CT molecular complexity index is 656. The van der Waals surface area contributed by atoms with Crippen molar-refractivity contribution in [1.29, 1.82) is 0 Å². The molecule has 102 valence electrons. The van der Waals surface area contributed by atoms with Crippen molar-refractivity contribution < 1.29 is 9.90 Å². The molecule has 2 atom stereocenters. The summed E-state index contributed by atoms with van der Waals surface area (Å²) in [5, 5.41) is 13.4. The second-order valence-corrected chi connectivity index (χ2v) is 4.94. The number of aromatic nitrogens is 3. The molecule has 0 fully saturated rings. The highest BCUT2D eigenvalue weighted by Gasteiger charge is 2.50. The van der Waals surface area contributed by atoms with E-state index in [1.165, 1.54) is 7.05 Å². The second-order valence-electron chi connectivity index (χ2n) is 4.61. The van der Waals surface area contributed by atoms with Crippen LogP contribution >= 0.6 is 11.6 Å². The molecule has 1 aliphatic rings. The lowest BCUT2D eigenvalue weighted by molar-refractivity contribution is -0.147. The van der Waals surface area contributed by atoms with E-state index in [1.54, 1.807) is 32.1 Å². The topological polar surface area (TPSA) is 77.1 Å². The average molecular weight is 284 g/mol. The summed E-state index contributed by atoms with van der Waals surface area (Å²) in [6, 6.07) is 0. The lowest BCUT2D eigenvalue weighted by Gasteiger charge is -2.37. The Balaban J connectivity index is 2.85. The van der Waals surface area contributed by atoms with E-state index in [9.17, 15) is 14.7 Å². The van der Waals surface area contributed by atoms with Crippen LogP contribution < -0.4 is 5.69 Å². The summed E-state index contributed by atoms with van der Waals surface area (Å²) in [5.41, 5.74) is -1.55. The summed E-state index contributed by atoms with van der Waals surface area (Å²) in [4.78, 5) is 24.0. The number of aliphatic carboxylic acids is 1. The maximum absolute atomic E-state index is 12.2. The zero-order chi connectivity index (χ0) is 14.4. The largest absolute Gasteiger partial charge is 0.479 e. The van der Waals surface area contributed by atoms with Gasteiger partial charge in [0.1, 0.15) is 0 Å². The normalized spacial score (nSPS) is 26.3. The van der Waals surface area contributed by atoms with Crippen molar-refractivity contribution in [3.8, 4) is 0 Å². The van der Waals surface area contributed by atoms with Gasteiger partial charge in [0.25, 0.3) is 0 Å². The first-order valence-electron chi connectivity index (χ1n) is 5.74. The number of halogens is 1. The van der Waals surface area contributed by atoms with Crippen LogP contribution in [0.4, 0.5) is 0 Å². The molecule has 0 radical (unpaired) electrons. The Morgan fingerprint density at radius 2 is 2.21 bits per heavy atom. The molecule has 1 aromatic rings. The van der Waals surface area contributed by atoms with E-state index in [0.717, 1.165) is 9.25 Å². The summed E-state index contributed by atoms with van der Waals surface area (Å²) in [7, 11) is 1.43. The van der Waals surface area contributed by atoms with Gasteiger partial charge >= 0.3 is 11.7 Å². The SMILES string of the molecule is CC1=CC=CC(C)C1(C(=O)O)n1c(Cl)nn(C)c1=O. The first-order chi connectivity index (χ1) is 8.83. The van der Waals surface area contributed by atoms with Crippen LogP contribution in [-0.4, -0.2) is 25.4 Å². The molecule has 0 saturated carbocycles. The Hall–Kier alpha value is -1.82. The summed E-state index contributed by atoms with van der Waals surface area (Å²) in [6.07, 6.45) is 5.18. The minimum Gasteiger partial charge on any atom is -0.479 e. The molecule has 1 N–H and O–H groups in total. The summed E-state index contributed by atoms with van der Waals surface area (Å²) in [5.74, 6) is -1.55. The molecule has 0 bridgehead atoms. The van der Waals surface area contributed by atoms with Gasteiger partial charge < -0.3 is 5.11 Å². The van der Waals surface area contributed by atoms with Crippen LogP contribution in [0.1, 0.15) is 13.8 Å². The number of carbonyl (C=O) groups is 1. The summed E-state index contributed by atoms with van der Waals surface area (Å²) < 4.78 is 2.07. The monoisotopic (exact) mass is 283 g/mol. The molecule has 1 aliphatic carbocycles. The van der Waals surface area contributed by atoms with E-state index in [2.05, 4.69) is 5.10 Å². The van der Waals surface area contributed by atoms with Crippen LogP contribution in [0.2, 0.25) is 5.28 Å². The van der Waals surface area contributed by atoms with Crippen molar-refractivity contribution in [2.24, 2.45) is 13.0 Å². The summed E-state index contributed by atoms with van der Waals surface area (Å²) >= 11 is 5.96. The molecular weight excluding hydrogens is 270 g/mol. The molecule has 2 unspecified atom stereocenters. The number of allylic oxidation sites excluding steroid dienone is 3. The molecule has 0 amide bonds. The fourth-order valence-corrected chi connectivity index (χ4v) is 2.88. The number of hydrogen-bond donors (Lipinski definition) is 1. The lowest BCUT2D eigenvalue weighted by atomic mass is 9.76. The van der Waals surface area contributed by atoms with Gasteiger partial charge in [-0.1, -0.05) is 25.2 Å². The fourth-order valence-electron chi connectivity index (χ4n) is 2.56. The zero-order valence-corrected chi connectivity index (χ0v) is 11.5. The maximum Gasteiger partial charge on any atom is 0.347 e. The van der Waals surface area contributed by atoms with Crippen LogP contribution in [0.15, 0.2) is 28.6 Å². The number of carboxylic acids is 1. The van der Waals surface area contributed by atoms with E-state index in [1.807, 2.05) is 0 Å². The molecular formula is C12H14ClN3O3. The maximum atomic E-state index is 12.2. The molecule has 1 aromatic heterocycles. The van der Waals surface area contributed by atoms with Crippen LogP contribution in [0.25, 0.3) is 0 Å². The number of nitrogens with zero attached hydrogens (tertiary/aromatic N) is 3. The van der Waals surface area contributed by atoms with Crippen LogP contribution in [0.5, 0.6) is 0 Å². The Kier molecular flexibility index (Phi) is 3.14. The molecule has 7 heteroatoms. The van der Waals surface area contributed by atoms with Crippen molar-refractivity contribution in [1.82, 2.24) is 14.3 Å². The van der Waals surface area contributed by atoms with E-state index < -0.39 is 23.1 Å². The van der Waals surface area contributed by atoms with Gasteiger partial charge in [-0.05, 0) is 24.1 Å². The van der Waals surface area contributed by atoms with E-state index in [-0.39, 0.29) is 5.28 Å². The van der Waals surface area contributed by atoms with Gasteiger partial charge in [-0.2, -0.15) is 0 Å². The second kappa shape index (κ2) is 4.38. The highest BCUT2D eigenvalue weighted by molar-refractivity contribution is 6.28. The Morgan fingerprint density at radius 3 is 2.63 bits per heavy atom. The van der Waals surface area contributed by atoms with Gasteiger partial charge in [-0.15, -0.1) is 5.10 Å². The minimum absolute atomic E-state index is 0.134. The molecule has 0 spiro atoms. The van der Waals surface area contributed by atoms with Gasteiger partial charge in [0, 0.05) is 13.0 Å². The first-order valence-corrected chi connectivity index (χ1v) is 6.12. The van der Waals surface area contributed by atoms with Crippen molar-refractivity contribution in [2.75, 3.05) is 0 Å². The van der Waals surface area contributed by atoms with Crippen LogP contribution in [-0.2, 0) is 17.4 Å². The quantitative estimate of drug-likeness (QED) is 0.884. The molecule has 19 heavy (non-hydrogen) atoms. The number of rotatable bonds is 2. The smallest absolute Gasteiger partial charge is 0.347 e. The third-order valence-corrected chi connectivity index (χ3v) is 3.81. The number of hydrogen-bond acceptors (Lipinski definition) is 3. The highest BCUT2D eigenvalue weighted by atomic mass is 35.5. The van der Waals surface area contributed by atoms with Crippen molar-refractivity contribution >= 4 is 17.6 Å². The first kappa shape index (κ1) is 13.6. The third kappa shape index (κ3) is 1.67. The van der Waals surface area contributed by atoms with E-state index >= 15 is 0 Å². The molecule has 6 nitrogen and oxygen atoms in total. The minimum atomic E-state index is -1.53. The standard InChI is InChI=1S/C12H14ClN3O3/c1-7-5-4-6-8(2)12(7,9(17)18)16-10(13)14-15(3)11(16)19/h4-7H,1-3H3,(H,17,18). The highest BCUT2D eigenvalue weighted by Crippen LogP contribution is 2.38. The molecule has 2 rings (SSSR count). The van der Waals surface area contributed by atoms with Gasteiger partial charge in [-0.3, -0.25) is 0 Å². The van der Waals surface area contributed by atoms with Crippen molar-refractivity contribution in [3.63, 3.8) is 0 Å². The van der Waals surface area contributed by atoms with Crippen molar-refractivity contribution in [2.45, 2.75) is 19.4 Å². The molecule has 1 heterocycles. The predicted molar refractivity (Wildman–Crippen MR) is 70.1 cm³/mol. The van der Waals surface area contributed by atoms with Gasteiger partial charge in [0.05, 0.1) is 0 Å². The predicted octanol–water partition coefficient (Wildman–Crippen LogP) is 1.17. The van der Waals surface area contributed by atoms with Gasteiger partial charge in [-0.25, -0.2) is 18.8 Å². The van der Waals surface area contributed by atoms with Crippen LogP contribution in [0.3, 0.4) is 0 Å². The number of carboxylic acid groups (broad SMARTS) is 1. The Morgan fingerprint density at radius 1 is 1.58 bits per heavy atom. The summed E-state index contributed by atoms with van der Waals surface area (Å²) in [6.45, 7) is 3.40. The number of aryl methyl sites for hydroxylation is 1. The fraction of sp³-hybridized carbons (Fsp3) is 0.417. The van der Waals surface area contributed by atoms with E-state index in [0.29, 0.717) is 5.57 Å². The molecule has 0 aromatic carbocycles. The van der Waals surface area contributed by atoms with E-state index in [4.69, 9.17) is 11.6 Å². The lowest BCUT2D eigenvalue weighted by Crippen LogP contribution is -2.53. The zero-order valence-electron chi connectivity index (χ0n) is 10.8. The average Bonchev–Trinajstić information content (AvgIpc) is 2.55. The van der Waals surface area contributed by atoms with Gasteiger partial charge in [0.15, 0.2) is 5.54 Å². The van der Waals surface area contributed by atoms with Crippen molar-refractivity contribution in [3.05, 3.63) is 39.6 Å². The third-order valence-electron chi connectivity index (χ3n) is 3.57. The molecule has 0 aliphatic heterocycles.